The minimum Gasteiger partial charge on any atom is -0.480 e. The van der Waals surface area contributed by atoms with Crippen LogP contribution in [0.5, 0.6) is 0 Å². The SMILES string of the molecule is O=C(O)[C@H]1CCCN1CCc1c[nH]c2ccccc12. The van der Waals surface area contributed by atoms with Crippen LogP contribution in [0.3, 0.4) is 0 Å². The number of fused-ring (bicyclic) bond motifs is 1. The Morgan fingerprint density at radius 3 is 3.11 bits per heavy atom. The average molecular weight is 258 g/mol. The summed E-state index contributed by atoms with van der Waals surface area (Å²) < 4.78 is 0. The number of benzene rings is 1. The number of hydrogen-bond donors (Lipinski definition) is 2. The first kappa shape index (κ1) is 12.2. The Kier molecular flexibility index (Phi) is 3.25. The van der Waals surface area contributed by atoms with Crippen LogP contribution in [0.4, 0.5) is 0 Å². The van der Waals surface area contributed by atoms with Crippen molar-refractivity contribution < 1.29 is 9.90 Å². The molecular formula is C15H18N2O2. The van der Waals surface area contributed by atoms with E-state index < -0.39 is 5.97 Å². The molecule has 1 aliphatic rings. The van der Waals surface area contributed by atoms with E-state index >= 15 is 0 Å². The molecule has 1 aromatic carbocycles. The normalized spacial score (nSPS) is 20.1. The predicted octanol–water partition coefficient (Wildman–Crippen LogP) is 2.26. The van der Waals surface area contributed by atoms with Crippen molar-refractivity contribution in [3.63, 3.8) is 0 Å². The molecule has 3 rings (SSSR count). The average Bonchev–Trinajstić information content (AvgIpc) is 3.03. The molecule has 0 spiro atoms. The molecule has 4 heteroatoms. The summed E-state index contributed by atoms with van der Waals surface area (Å²) in [6, 6.07) is 7.94. The van der Waals surface area contributed by atoms with Gasteiger partial charge in [0.1, 0.15) is 6.04 Å². The lowest BCUT2D eigenvalue weighted by atomic mass is 10.1. The first-order chi connectivity index (χ1) is 9.25. The number of aliphatic carboxylic acids is 1. The number of rotatable bonds is 4. The minimum atomic E-state index is -0.684. The van der Waals surface area contributed by atoms with Crippen LogP contribution in [0.25, 0.3) is 10.9 Å². The maximum absolute atomic E-state index is 11.1. The summed E-state index contributed by atoms with van der Waals surface area (Å²) in [7, 11) is 0. The van der Waals surface area contributed by atoms with Crippen molar-refractivity contribution in [3.05, 3.63) is 36.0 Å². The van der Waals surface area contributed by atoms with Crippen molar-refractivity contribution in [1.29, 1.82) is 0 Å². The molecular weight excluding hydrogens is 240 g/mol. The van der Waals surface area contributed by atoms with Gasteiger partial charge in [0.05, 0.1) is 0 Å². The van der Waals surface area contributed by atoms with Crippen molar-refractivity contribution in [2.24, 2.45) is 0 Å². The van der Waals surface area contributed by atoms with E-state index in [1.165, 1.54) is 10.9 Å². The third-order valence-electron chi connectivity index (χ3n) is 3.99. The van der Waals surface area contributed by atoms with Gasteiger partial charge in [-0.05, 0) is 37.4 Å². The molecule has 100 valence electrons. The fourth-order valence-electron chi connectivity index (χ4n) is 2.98. The molecule has 19 heavy (non-hydrogen) atoms. The monoisotopic (exact) mass is 258 g/mol. The minimum absolute atomic E-state index is 0.287. The number of nitrogens with one attached hydrogen (secondary N) is 1. The molecule has 0 saturated carbocycles. The third kappa shape index (κ3) is 2.36. The Morgan fingerprint density at radius 2 is 2.26 bits per heavy atom. The molecule has 0 amide bonds. The number of aromatic nitrogens is 1. The summed E-state index contributed by atoms with van der Waals surface area (Å²) in [5.41, 5.74) is 2.42. The van der Waals surface area contributed by atoms with E-state index in [4.69, 9.17) is 5.11 Å². The number of likely N-dealkylation sites (tertiary alicyclic amines) is 1. The van der Waals surface area contributed by atoms with Crippen LogP contribution in [0, 0.1) is 0 Å². The molecule has 1 saturated heterocycles. The molecule has 1 aromatic heterocycles. The second-order valence-corrected chi connectivity index (χ2v) is 5.14. The first-order valence-corrected chi connectivity index (χ1v) is 6.77. The number of H-pyrrole nitrogens is 1. The van der Waals surface area contributed by atoms with Crippen molar-refractivity contribution in [2.45, 2.75) is 25.3 Å². The van der Waals surface area contributed by atoms with Gasteiger partial charge < -0.3 is 10.1 Å². The van der Waals surface area contributed by atoms with E-state index in [2.05, 4.69) is 22.0 Å². The molecule has 1 fully saturated rings. The van der Waals surface area contributed by atoms with Gasteiger partial charge in [0.2, 0.25) is 0 Å². The van der Waals surface area contributed by atoms with E-state index in [-0.39, 0.29) is 6.04 Å². The maximum atomic E-state index is 11.1. The fraction of sp³-hybridized carbons (Fsp3) is 0.400. The Morgan fingerprint density at radius 1 is 1.42 bits per heavy atom. The van der Waals surface area contributed by atoms with Crippen LogP contribution in [0.1, 0.15) is 18.4 Å². The molecule has 0 aliphatic carbocycles. The predicted molar refractivity (Wildman–Crippen MR) is 74.2 cm³/mol. The number of carbonyl (C=O) groups is 1. The molecule has 1 atom stereocenters. The van der Waals surface area contributed by atoms with Crippen LogP contribution in [-0.4, -0.2) is 40.1 Å². The van der Waals surface area contributed by atoms with E-state index in [0.29, 0.717) is 0 Å². The van der Waals surface area contributed by atoms with Gasteiger partial charge >= 0.3 is 5.97 Å². The molecule has 0 radical (unpaired) electrons. The summed E-state index contributed by atoms with van der Waals surface area (Å²) in [6.07, 6.45) is 4.71. The van der Waals surface area contributed by atoms with Crippen molar-refractivity contribution in [3.8, 4) is 0 Å². The van der Waals surface area contributed by atoms with Crippen LogP contribution >= 0.6 is 0 Å². The summed E-state index contributed by atoms with van der Waals surface area (Å²) in [4.78, 5) is 16.5. The number of carboxylic acid groups (broad SMARTS) is 1. The molecule has 2 aromatic rings. The summed E-state index contributed by atoms with van der Waals surface area (Å²) >= 11 is 0. The van der Waals surface area contributed by atoms with Crippen LogP contribution in [-0.2, 0) is 11.2 Å². The van der Waals surface area contributed by atoms with Gasteiger partial charge in [0.15, 0.2) is 0 Å². The number of hydrogen-bond acceptors (Lipinski definition) is 2. The maximum Gasteiger partial charge on any atom is 0.320 e. The lowest BCUT2D eigenvalue weighted by Crippen LogP contribution is -2.37. The highest BCUT2D eigenvalue weighted by Crippen LogP contribution is 2.21. The smallest absolute Gasteiger partial charge is 0.320 e. The van der Waals surface area contributed by atoms with Gasteiger partial charge in [-0.3, -0.25) is 9.69 Å². The van der Waals surface area contributed by atoms with E-state index in [1.54, 1.807) is 0 Å². The number of carboxylic acids is 1. The molecule has 0 bridgehead atoms. The van der Waals surface area contributed by atoms with Gasteiger partial charge in [-0.25, -0.2) is 0 Å². The lowest BCUT2D eigenvalue weighted by molar-refractivity contribution is -0.142. The zero-order valence-corrected chi connectivity index (χ0v) is 10.8. The highest BCUT2D eigenvalue weighted by atomic mass is 16.4. The Bertz CT molecular complexity index is 591. The highest BCUT2D eigenvalue weighted by molar-refractivity contribution is 5.83. The van der Waals surface area contributed by atoms with Gasteiger partial charge in [0.25, 0.3) is 0 Å². The summed E-state index contributed by atoms with van der Waals surface area (Å²) in [5.74, 6) is -0.684. The van der Waals surface area contributed by atoms with Gasteiger partial charge in [-0.2, -0.15) is 0 Å². The van der Waals surface area contributed by atoms with E-state index in [9.17, 15) is 4.79 Å². The summed E-state index contributed by atoms with van der Waals surface area (Å²) in [5, 5.41) is 10.4. The number of nitrogens with zero attached hydrogens (tertiary/aromatic N) is 1. The molecule has 2 heterocycles. The zero-order valence-electron chi connectivity index (χ0n) is 10.8. The second-order valence-electron chi connectivity index (χ2n) is 5.14. The van der Waals surface area contributed by atoms with Crippen molar-refractivity contribution >= 4 is 16.9 Å². The van der Waals surface area contributed by atoms with Crippen molar-refractivity contribution in [2.75, 3.05) is 13.1 Å². The van der Waals surface area contributed by atoms with E-state index in [1.807, 2.05) is 18.3 Å². The Hall–Kier alpha value is -1.81. The first-order valence-electron chi connectivity index (χ1n) is 6.77. The van der Waals surface area contributed by atoms with Gasteiger partial charge in [0, 0.05) is 23.6 Å². The standard InChI is InChI=1S/C15H18N2O2/c18-15(19)14-6-3-8-17(14)9-7-11-10-16-13-5-2-1-4-12(11)13/h1-2,4-5,10,14,16H,3,6-9H2,(H,18,19)/t14-/m1/s1. The van der Waals surface area contributed by atoms with Gasteiger partial charge in [-0.1, -0.05) is 18.2 Å². The summed E-state index contributed by atoms with van der Waals surface area (Å²) in [6.45, 7) is 1.72. The van der Waals surface area contributed by atoms with Crippen molar-refractivity contribution in [1.82, 2.24) is 9.88 Å². The third-order valence-corrected chi connectivity index (χ3v) is 3.99. The highest BCUT2D eigenvalue weighted by Gasteiger charge is 2.29. The topological polar surface area (TPSA) is 56.3 Å². The van der Waals surface area contributed by atoms with Crippen LogP contribution < -0.4 is 0 Å². The van der Waals surface area contributed by atoms with Crippen LogP contribution in [0.2, 0.25) is 0 Å². The Balaban J connectivity index is 1.71. The molecule has 1 aliphatic heterocycles. The largest absolute Gasteiger partial charge is 0.480 e. The molecule has 0 unspecified atom stereocenters. The quantitative estimate of drug-likeness (QED) is 0.884. The second kappa shape index (κ2) is 5.05. The van der Waals surface area contributed by atoms with Crippen LogP contribution in [0.15, 0.2) is 30.5 Å². The van der Waals surface area contributed by atoms with Gasteiger partial charge in [-0.15, -0.1) is 0 Å². The number of para-hydroxylation sites is 1. The van der Waals surface area contributed by atoms with E-state index in [0.717, 1.165) is 37.9 Å². The molecule has 4 nitrogen and oxygen atoms in total. The number of aromatic amines is 1. The Labute approximate surface area is 112 Å². The zero-order chi connectivity index (χ0) is 13.2. The molecule has 2 N–H and O–H groups in total. The lowest BCUT2D eigenvalue weighted by Gasteiger charge is -2.20. The fourth-order valence-corrected chi connectivity index (χ4v) is 2.98.